The van der Waals surface area contributed by atoms with E-state index in [-0.39, 0.29) is 35.2 Å². The molecule has 0 unspecified atom stereocenters. The van der Waals surface area contributed by atoms with Crippen molar-refractivity contribution in [2.24, 2.45) is 17.8 Å². The number of aliphatic carboxylic acids is 1. The van der Waals surface area contributed by atoms with Gasteiger partial charge in [-0.15, -0.1) is 0 Å². The summed E-state index contributed by atoms with van der Waals surface area (Å²) in [6.45, 7) is 7.31. The van der Waals surface area contributed by atoms with Gasteiger partial charge >= 0.3 is 5.97 Å². The van der Waals surface area contributed by atoms with Gasteiger partial charge in [-0.2, -0.15) is 0 Å². The maximum absolute atomic E-state index is 12.4. The average Bonchev–Trinajstić information content (AvgIpc) is 3.68. The van der Waals surface area contributed by atoms with E-state index in [9.17, 15) is 9.90 Å². The van der Waals surface area contributed by atoms with E-state index in [4.69, 9.17) is 18.9 Å². The van der Waals surface area contributed by atoms with E-state index in [0.717, 1.165) is 37.0 Å². The summed E-state index contributed by atoms with van der Waals surface area (Å²) in [4.78, 5) is 12.4. The summed E-state index contributed by atoms with van der Waals surface area (Å²) >= 11 is 0. The first-order valence-corrected chi connectivity index (χ1v) is 11.7. The van der Waals surface area contributed by atoms with Crippen molar-refractivity contribution in [1.82, 2.24) is 0 Å². The summed E-state index contributed by atoms with van der Waals surface area (Å²) in [5, 5.41) is 10.1. The van der Waals surface area contributed by atoms with E-state index in [2.05, 4.69) is 20.8 Å². The predicted octanol–water partition coefficient (Wildman–Crippen LogP) is 4.57. The van der Waals surface area contributed by atoms with Gasteiger partial charge in [-0.1, -0.05) is 26.0 Å². The third-order valence-electron chi connectivity index (χ3n) is 7.64. The summed E-state index contributed by atoms with van der Waals surface area (Å²) in [5.41, 5.74) is 0.628. The van der Waals surface area contributed by atoms with Gasteiger partial charge < -0.3 is 24.1 Å². The fourth-order valence-electron chi connectivity index (χ4n) is 5.73. The van der Waals surface area contributed by atoms with Crippen LogP contribution in [0.5, 0.6) is 5.75 Å². The van der Waals surface area contributed by atoms with Crippen LogP contribution in [0.2, 0.25) is 0 Å². The first kappa shape index (κ1) is 23.3. The molecule has 3 fully saturated rings. The molecule has 1 N–H and O–H groups in total. The van der Waals surface area contributed by atoms with Crippen LogP contribution >= 0.6 is 0 Å². The Morgan fingerprint density at radius 3 is 2.50 bits per heavy atom. The molecule has 0 aromatic heterocycles. The van der Waals surface area contributed by atoms with Crippen molar-refractivity contribution in [2.75, 3.05) is 20.8 Å². The molecule has 3 aliphatic rings. The second-order valence-electron chi connectivity index (χ2n) is 10.1. The summed E-state index contributed by atoms with van der Waals surface area (Å²) < 4.78 is 23.6. The lowest BCUT2D eigenvalue weighted by Crippen LogP contribution is -2.53. The molecule has 0 amide bonds. The summed E-state index contributed by atoms with van der Waals surface area (Å²) in [7, 11) is 3.30. The number of carboxylic acids is 1. The quantitative estimate of drug-likeness (QED) is 0.444. The predicted molar refractivity (Wildman–Crippen MR) is 122 cm³/mol. The lowest BCUT2D eigenvalue weighted by molar-refractivity contribution is -0.135. The van der Waals surface area contributed by atoms with Gasteiger partial charge in [0.2, 0.25) is 0 Å². The van der Waals surface area contributed by atoms with Gasteiger partial charge in [0.15, 0.2) is 0 Å². The van der Waals surface area contributed by atoms with E-state index in [0.29, 0.717) is 18.1 Å². The monoisotopic (exact) mass is 444 g/mol. The van der Waals surface area contributed by atoms with Gasteiger partial charge in [-0.05, 0) is 62.3 Å². The van der Waals surface area contributed by atoms with Crippen molar-refractivity contribution < 1.29 is 28.8 Å². The maximum atomic E-state index is 12.4. The van der Waals surface area contributed by atoms with Crippen molar-refractivity contribution in [3.8, 4) is 5.75 Å². The minimum atomic E-state index is -0.905. The maximum Gasteiger partial charge on any atom is 0.331 e. The van der Waals surface area contributed by atoms with E-state index < -0.39 is 5.97 Å². The van der Waals surface area contributed by atoms with Crippen LogP contribution in [0.4, 0.5) is 0 Å². The molecule has 4 rings (SSSR count). The zero-order valence-electron chi connectivity index (χ0n) is 19.8. The van der Waals surface area contributed by atoms with Crippen molar-refractivity contribution in [3.05, 3.63) is 35.4 Å². The Labute approximate surface area is 190 Å². The SMILES string of the molecule is COc1ccc(C=C(C(=O)O)[C@H]2CC[C@]3(CO3)[C@@H]([C@@]3(C)O[C@@H]3CCC(C)C)[C@H]2OC)cc1. The summed E-state index contributed by atoms with van der Waals surface area (Å²) in [6.07, 6.45) is 5.33. The third kappa shape index (κ3) is 4.33. The molecule has 1 saturated carbocycles. The first-order chi connectivity index (χ1) is 15.2. The molecule has 6 heteroatoms. The lowest BCUT2D eigenvalue weighted by atomic mass is 9.63. The van der Waals surface area contributed by atoms with Crippen LogP contribution in [-0.2, 0) is 19.0 Å². The van der Waals surface area contributed by atoms with E-state index in [1.54, 1.807) is 20.3 Å². The Hall–Kier alpha value is -1.89. The van der Waals surface area contributed by atoms with E-state index in [1.807, 2.05) is 24.3 Å². The molecule has 0 bridgehead atoms. The Morgan fingerprint density at radius 1 is 1.28 bits per heavy atom. The van der Waals surface area contributed by atoms with Crippen molar-refractivity contribution in [2.45, 2.75) is 69.9 Å². The highest BCUT2D eigenvalue weighted by atomic mass is 16.6. The topological polar surface area (TPSA) is 80.8 Å². The Morgan fingerprint density at radius 2 is 1.97 bits per heavy atom. The molecule has 2 aliphatic heterocycles. The Bertz CT molecular complexity index is 856. The highest BCUT2D eigenvalue weighted by molar-refractivity contribution is 5.93. The van der Waals surface area contributed by atoms with Crippen molar-refractivity contribution >= 4 is 12.0 Å². The summed E-state index contributed by atoms with van der Waals surface area (Å²) in [5.74, 6) is 0.238. The molecular formula is C26H36O6. The van der Waals surface area contributed by atoms with Gasteiger partial charge in [0.1, 0.15) is 11.4 Å². The van der Waals surface area contributed by atoms with Crippen LogP contribution in [0.25, 0.3) is 6.08 Å². The fourth-order valence-corrected chi connectivity index (χ4v) is 5.73. The van der Waals surface area contributed by atoms with Gasteiger partial charge in [0, 0.05) is 24.5 Å². The van der Waals surface area contributed by atoms with E-state index >= 15 is 0 Å². The van der Waals surface area contributed by atoms with Gasteiger partial charge in [0.05, 0.1) is 31.5 Å². The number of hydrogen-bond donors (Lipinski definition) is 1. The van der Waals surface area contributed by atoms with Gasteiger partial charge in [-0.25, -0.2) is 4.79 Å². The largest absolute Gasteiger partial charge is 0.497 e. The molecular weight excluding hydrogens is 408 g/mol. The van der Waals surface area contributed by atoms with Crippen LogP contribution in [0, 0.1) is 17.8 Å². The Kier molecular flexibility index (Phi) is 6.40. The van der Waals surface area contributed by atoms with Crippen molar-refractivity contribution in [1.29, 1.82) is 0 Å². The average molecular weight is 445 g/mol. The number of hydrogen-bond acceptors (Lipinski definition) is 5. The zero-order chi connectivity index (χ0) is 23.1. The molecule has 0 radical (unpaired) electrons. The highest BCUT2D eigenvalue weighted by Gasteiger charge is 2.72. The second-order valence-corrected chi connectivity index (χ2v) is 10.1. The van der Waals surface area contributed by atoms with Crippen molar-refractivity contribution in [3.63, 3.8) is 0 Å². The molecule has 176 valence electrons. The molecule has 2 heterocycles. The second kappa shape index (κ2) is 8.81. The Balaban J connectivity index is 1.62. The van der Waals surface area contributed by atoms with Crippen LogP contribution in [0.1, 0.15) is 52.0 Å². The number of carbonyl (C=O) groups is 1. The van der Waals surface area contributed by atoms with Crippen LogP contribution in [0.15, 0.2) is 29.8 Å². The van der Waals surface area contributed by atoms with Crippen LogP contribution < -0.4 is 4.74 Å². The summed E-state index contributed by atoms with van der Waals surface area (Å²) in [6, 6.07) is 7.44. The standard InChI is InChI=1S/C26H36O6/c1-16(2)6-11-21-25(3,32-21)23-22(30-5)19(12-13-26(23)15-31-26)20(24(27)28)14-17-7-9-18(29-4)10-8-17/h7-10,14,16,19,21-23H,6,11-13,15H2,1-5H3,(H,27,28)/t19-,21-,22+,23-,25+,26+/m1/s1. The molecule has 32 heavy (non-hydrogen) atoms. The van der Waals surface area contributed by atoms with Gasteiger partial charge in [0.25, 0.3) is 0 Å². The molecule has 1 aromatic rings. The highest BCUT2D eigenvalue weighted by Crippen LogP contribution is 2.61. The van der Waals surface area contributed by atoms with Crippen LogP contribution in [-0.4, -0.2) is 55.3 Å². The van der Waals surface area contributed by atoms with E-state index in [1.165, 1.54) is 0 Å². The number of epoxide rings is 2. The molecule has 6 nitrogen and oxygen atoms in total. The molecule has 2 saturated heterocycles. The zero-order valence-corrected chi connectivity index (χ0v) is 19.8. The number of ether oxygens (including phenoxy) is 4. The number of methoxy groups -OCH3 is 2. The number of benzene rings is 1. The first-order valence-electron chi connectivity index (χ1n) is 11.7. The smallest absolute Gasteiger partial charge is 0.331 e. The van der Waals surface area contributed by atoms with Gasteiger partial charge in [-0.3, -0.25) is 0 Å². The number of carboxylic acid groups (broad SMARTS) is 1. The minimum Gasteiger partial charge on any atom is -0.497 e. The fraction of sp³-hybridized carbons (Fsp3) is 0.654. The molecule has 6 atom stereocenters. The van der Waals surface area contributed by atoms with Crippen LogP contribution in [0.3, 0.4) is 0 Å². The molecule has 1 aliphatic carbocycles. The normalized spacial score (nSPS) is 36.4. The third-order valence-corrected chi connectivity index (χ3v) is 7.64. The minimum absolute atomic E-state index is 0.00882. The molecule has 1 aromatic carbocycles. The molecule has 1 spiro atoms. The lowest BCUT2D eigenvalue weighted by Gasteiger charge is -2.43. The number of rotatable bonds is 9.